The molecule has 10 heteroatoms. The highest BCUT2D eigenvalue weighted by atomic mass is 19.1. The summed E-state index contributed by atoms with van der Waals surface area (Å²) >= 11 is 0. The molecule has 5 rings (SSSR count). The van der Waals surface area contributed by atoms with Crippen molar-refractivity contribution < 1.29 is 9.13 Å². The first kappa shape index (κ1) is 23.0. The number of rotatable bonds is 8. The van der Waals surface area contributed by atoms with Gasteiger partial charge in [-0.15, -0.1) is 0 Å². The molecule has 0 aliphatic rings. The smallest absolute Gasteiger partial charge is 0.203 e. The Kier molecular flexibility index (Phi) is 6.57. The van der Waals surface area contributed by atoms with Gasteiger partial charge in [-0.2, -0.15) is 10.2 Å². The van der Waals surface area contributed by atoms with Crippen molar-refractivity contribution in [2.75, 3.05) is 6.61 Å². The van der Waals surface area contributed by atoms with Crippen LogP contribution in [0.4, 0.5) is 4.39 Å². The molecule has 0 radical (unpaired) electrons. The zero-order valence-corrected chi connectivity index (χ0v) is 19.4. The first-order valence-electron chi connectivity index (χ1n) is 11.2. The predicted molar refractivity (Wildman–Crippen MR) is 130 cm³/mol. The molecule has 0 saturated heterocycles. The summed E-state index contributed by atoms with van der Waals surface area (Å²) in [4.78, 5) is 25.0. The van der Waals surface area contributed by atoms with E-state index in [2.05, 4.69) is 25.1 Å². The summed E-state index contributed by atoms with van der Waals surface area (Å²) in [6.07, 6.45) is 10.3. The molecule has 1 aromatic carbocycles. The number of benzene rings is 1. The van der Waals surface area contributed by atoms with Gasteiger partial charge in [-0.05, 0) is 29.3 Å². The predicted octanol–water partition coefficient (Wildman–Crippen LogP) is 3.50. The summed E-state index contributed by atoms with van der Waals surface area (Å²) in [6.45, 7) is -0.150. The SMILES string of the molecule is Cn1cc(-n2ccc(=O)c(Cc3cccc(-c4ncc(OCC(F)c5ccncc5)cn4)c3)n2)cn1. The van der Waals surface area contributed by atoms with Crippen LogP contribution in [0.25, 0.3) is 17.1 Å². The highest BCUT2D eigenvalue weighted by Crippen LogP contribution is 2.21. The van der Waals surface area contributed by atoms with Crippen LogP contribution < -0.4 is 10.2 Å². The summed E-state index contributed by atoms with van der Waals surface area (Å²) in [7, 11) is 1.82. The van der Waals surface area contributed by atoms with Crippen LogP contribution in [-0.4, -0.2) is 41.1 Å². The Labute approximate surface area is 205 Å². The molecule has 9 nitrogen and oxygen atoms in total. The second-order valence-corrected chi connectivity index (χ2v) is 8.12. The fraction of sp³-hybridized carbons (Fsp3) is 0.154. The van der Waals surface area contributed by atoms with Crippen molar-refractivity contribution in [3.05, 3.63) is 113 Å². The quantitative estimate of drug-likeness (QED) is 0.333. The molecule has 0 fully saturated rings. The zero-order valence-electron chi connectivity index (χ0n) is 19.4. The molecule has 1 atom stereocenters. The number of aromatic nitrogens is 7. The molecule has 0 bridgehead atoms. The van der Waals surface area contributed by atoms with E-state index in [1.807, 2.05) is 37.5 Å². The largest absolute Gasteiger partial charge is 0.487 e. The number of hydrogen-bond donors (Lipinski definition) is 0. The second-order valence-electron chi connectivity index (χ2n) is 8.12. The Bertz CT molecular complexity index is 1520. The third kappa shape index (κ3) is 5.33. The Hall–Kier alpha value is -4.73. The molecule has 4 heterocycles. The molecule has 0 spiro atoms. The summed E-state index contributed by atoms with van der Waals surface area (Å²) < 4.78 is 23.1. The highest BCUT2D eigenvalue weighted by Gasteiger charge is 2.12. The fourth-order valence-corrected chi connectivity index (χ4v) is 3.63. The molecule has 5 aromatic rings. The van der Waals surface area contributed by atoms with Crippen LogP contribution in [0, 0.1) is 0 Å². The lowest BCUT2D eigenvalue weighted by atomic mass is 10.1. The van der Waals surface area contributed by atoms with Crippen molar-refractivity contribution in [3.63, 3.8) is 0 Å². The van der Waals surface area contributed by atoms with E-state index < -0.39 is 6.17 Å². The Morgan fingerprint density at radius 2 is 1.86 bits per heavy atom. The van der Waals surface area contributed by atoms with Gasteiger partial charge < -0.3 is 4.74 Å². The number of aryl methyl sites for hydroxylation is 1. The summed E-state index contributed by atoms with van der Waals surface area (Å²) in [5, 5.41) is 8.64. The first-order valence-corrected chi connectivity index (χ1v) is 11.2. The molecule has 180 valence electrons. The number of pyridine rings is 1. The van der Waals surface area contributed by atoms with Crippen molar-refractivity contribution in [3.8, 4) is 22.8 Å². The maximum atomic E-state index is 14.3. The van der Waals surface area contributed by atoms with E-state index in [-0.39, 0.29) is 12.0 Å². The van der Waals surface area contributed by atoms with E-state index in [1.54, 1.807) is 33.9 Å². The van der Waals surface area contributed by atoms with E-state index in [4.69, 9.17) is 4.74 Å². The lowest BCUT2D eigenvalue weighted by molar-refractivity contribution is 0.197. The Balaban J connectivity index is 1.28. The molecule has 0 N–H and O–H groups in total. The summed E-state index contributed by atoms with van der Waals surface area (Å²) in [6, 6.07) is 12.3. The van der Waals surface area contributed by atoms with Gasteiger partial charge >= 0.3 is 0 Å². The van der Waals surface area contributed by atoms with Gasteiger partial charge in [-0.3, -0.25) is 14.5 Å². The number of nitrogens with zero attached hydrogens (tertiary/aromatic N) is 7. The van der Waals surface area contributed by atoms with Gasteiger partial charge in [0.2, 0.25) is 5.43 Å². The van der Waals surface area contributed by atoms with Crippen LogP contribution in [0.1, 0.15) is 23.0 Å². The minimum atomic E-state index is -1.28. The minimum Gasteiger partial charge on any atom is -0.487 e. The van der Waals surface area contributed by atoms with E-state index in [1.165, 1.54) is 30.9 Å². The van der Waals surface area contributed by atoms with E-state index in [0.717, 1.165) is 16.8 Å². The molecule has 1 unspecified atom stereocenters. The van der Waals surface area contributed by atoms with Crippen molar-refractivity contribution in [1.29, 1.82) is 0 Å². The van der Waals surface area contributed by atoms with Crippen LogP contribution in [0.15, 0.2) is 90.6 Å². The van der Waals surface area contributed by atoms with Crippen molar-refractivity contribution in [2.45, 2.75) is 12.6 Å². The van der Waals surface area contributed by atoms with E-state index in [9.17, 15) is 9.18 Å². The minimum absolute atomic E-state index is 0.142. The monoisotopic (exact) mass is 483 g/mol. The second kappa shape index (κ2) is 10.3. The van der Waals surface area contributed by atoms with Gasteiger partial charge in [-0.1, -0.05) is 18.2 Å². The summed E-state index contributed by atoms with van der Waals surface area (Å²) in [5.41, 5.74) is 3.21. The standard InChI is InChI=1S/C26H22FN7O2/c1-33-16-21(13-31-33)34-10-7-25(35)24(32-34)12-18-3-2-4-20(11-18)26-29-14-22(15-30-26)36-17-23(27)19-5-8-28-9-6-19/h2-11,13-16,23H,12,17H2,1H3. The fourth-order valence-electron chi connectivity index (χ4n) is 3.63. The molecule has 4 aromatic heterocycles. The maximum absolute atomic E-state index is 14.3. The normalized spacial score (nSPS) is 11.8. The van der Waals surface area contributed by atoms with Gasteiger partial charge in [0, 0.05) is 43.7 Å². The third-order valence-corrected chi connectivity index (χ3v) is 5.48. The molecule has 0 amide bonds. The average Bonchev–Trinajstić information content (AvgIpc) is 3.36. The van der Waals surface area contributed by atoms with Crippen LogP contribution in [0.2, 0.25) is 0 Å². The van der Waals surface area contributed by atoms with Crippen LogP contribution in [0.3, 0.4) is 0 Å². The molecule has 0 aliphatic heterocycles. The molecule has 0 saturated carbocycles. The van der Waals surface area contributed by atoms with Crippen LogP contribution >= 0.6 is 0 Å². The van der Waals surface area contributed by atoms with Crippen molar-refractivity contribution >= 4 is 0 Å². The van der Waals surface area contributed by atoms with Gasteiger partial charge in [0.15, 0.2) is 17.7 Å². The Morgan fingerprint density at radius 3 is 2.61 bits per heavy atom. The average molecular weight is 484 g/mol. The molecule has 36 heavy (non-hydrogen) atoms. The molecule has 0 aliphatic carbocycles. The van der Waals surface area contributed by atoms with Gasteiger partial charge in [0.1, 0.15) is 18.0 Å². The summed E-state index contributed by atoms with van der Waals surface area (Å²) in [5.74, 6) is 0.861. The topological polar surface area (TPSA) is 101 Å². The highest BCUT2D eigenvalue weighted by molar-refractivity contribution is 5.56. The van der Waals surface area contributed by atoms with Gasteiger partial charge in [0.05, 0.1) is 24.8 Å². The van der Waals surface area contributed by atoms with E-state index >= 15 is 0 Å². The lowest BCUT2D eigenvalue weighted by Gasteiger charge is -2.10. The third-order valence-electron chi connectivity index (χ3n) is 5.48. The first-order chi connectivity index (χ1) is 17.5. The van der Waals surface area contributed by atoms with E-state index in [0.29, 0.717) is 29.3 Å². The number of alkyl halides is 1. The zero-order chi connectivity index (χ0) is 24.9. The number of halogens is 1. The molecular weight excluding hydrogens is 461 g/mol. The van der Waals surface area contributed by atoms with Crippen LogP contribution in [-0.2, 0) is 13.5 Å². The number of hydrogen-bond acceptors (Lipinski definition) is 7. The van der Waals surface area contributed by atoms with Crippen molar-refractivity contribution in [1.82, 2.24) is 34.5 Å². The lowest BCUT2D eigenvalue weighted by Crippen LogP contribution is -2.16. The molecular formula is C26H22FN7O2. The Morgan fingerprint density at radius 1 is 1.06 bits per heavy atom. The van der Waals surface area contributed by atoms with Crippen molar-refractivity contribution in [2.24, 2.45) is 7.05 Å². The van der Waals surface area contributed by atoms with Gasteiger partial charge in [-0.25, -0.2) is 19.0 Å². The van der Waals surface area contributed by atoms with Gasteiger partial charge in [0.25, 0.3) is 0 Å². The van der Waals surface area contributed by atoms with Crippen LogP contribution in [0.5, 0.6) is 5.75 Å². The maximum Gasteiger partial charge on any atom is 0.203 e. The number of ether oxygens (including phenoxy) is 1.